The van der Waals surface area contributed by atoms with Crippen molar-refractivity contribution in [2.24, 2.45) is 0 Å². The summed E-state index contributed by atoms with van der Waals surface area (Å²) in [7, 11) is 0. The van der Waals surface area contributed by atoms with Crippen molar-refractivity contribution in [3.8, 4) is 0 Å². The number of carbonyl (C=O) groups excluding carboxylic acids is 2. The highest BCUT2D eigenvalue weighted by atomic mass is 16.6. The molecule has 120 valence electrons. The number of epoxide rings is 2. The molecule has 0 N–H and O–H groups in total. The van der Waals surface area contributed by atoms with Crippen LogP contribution in [0, 0.1) is 0 Å². The van der Waals surface area contributed by atoms with Gasteiger partial charge in [0.05, 0.1) is 26.4 Å². The first-order chi connectivity index (χ1) is 10.3. The van der Waals surface area contributed by atoms with Gasteiger partial charge in [-0.05, 0) is 12.8 Å². The van der Waals surface area contributed by atoms with Gasteiger partial charge in [-0.25, -0.2) is 9.59 Å². The van der Waals surface area contributed by atoms with Crippen LogP contribution in [-0.4, -0.2) is 50.6 Å². The summed E-state index contributed by atoms with van der Waals surface area (Å²) in [6.07, 6.45) is 6.87. The summed E-state index contributed by atoms with van der Waals surface area (Å²) in [6.45, 7) is 2.03. The number of carbonyl (C=O) groups is 2. The van der Waals surface area contributed by atoms with Gasteiger partial charge < -0.3 is 18.9 Å². The summed E-state index contributed by atoms with van der Waals surface area (Å²) in [6, 6.07) is 0. The lowest BCUT2D eigenvalue weighted by molar-refractivity contribution is -0.146. The van der Waals surface area contributed by atoms with Crippen molar-refractivity contribution in [1.82, 2.24) is 0 Å². The van der Waals surface area contributed by atoms with Gasteiger partial charge in [-0.15, -0.1) is 0 Å². The third-order valence-electron chi connectivity index (χ3n) is 3.47. The summed E-state index contributed by atoms with van der Waals surface area (Å²) in [5, 5.41) is 0. The SMILES string of the molecule is O=C(OCCCCCCCCCOC(=O)C1CO1)C1CO1. The fourth-order valence-electron chi connectivity index (χ4n) is 1.99. The van der Waals surface area contributed by atoms with Crippen LogP contribution in [-0.2, 0) is 28.5 Å². The van der Waals surface area contributed by atoms with Crippen LogP contribution in [0.25, 0.3) is 0 Å². The van der Waals surface area contributed by atoms with Gasteiger partial charge in [-0.3, -0.25) is 0 Å². The maximum Gasteiger partial charge on any atom is 0.337 e. The lowest BCUT2D eigenvalue weighted by Gasteiger charge is -2.04. The van der Waals surface area contributed by atoms with E-state index in [9.17, 15) is 9.59 Å². The summed E-state index contributed by atoms with van der Waals surface area (Å²) < 4.78 is 19.8. The average molecular weight is 300 g/mol. The van der Waals surface area contributed by atoms with Crippen LogP contribution in [0.4, 0.5) is 0 Å². The smallest absolute Gasteiger partial charge is 0.337 e. The molecule has 0 aromatic heterocycles. The van der Waals surface area contributed by atoms with Gasteiger partial charge in [-0.2, -0.15) is 0 Å². The number of unbranched alkanes of at least 4 members (excludes halogenated alkanes) is 6. The van der Waals surface area contributed by atoms with E-state index in [0.29, 0.717) is 26.4 Å². The molecule has 2 saturated heterocycles. The maximum atomic E-state index is 11.1. The van der Waals surface area contributed by atoms with Crippen LogP contribution in [0.15, 0.2) is 0 Å². The molecule has 0 spiro atoms. The van der Waals surface area contributed by atoms with Crippen molar-refractivity contribution in [2.45, 2.75) is 57.2 Å². The van der Waals surface area contributed by atoms with Gasteiger partial charge in [-0.1, -0.05) is 32.1 Å². The van der Waals surface area contributed by atoms with Crippen molar-refractivity contribution < 1.29 is 28.5 Å². The number of esters is 2. The van der Waals surface area contributed by atoms with E-state index >= 15 is 0 Å². The van der Waals surface area contributed by atoms with E-state index in [0.717, 1.165) is 38.5 Å². The molecule has 2 aliphatic rings. The molecule has 0 aromatic rings. The van der Waals surface area contributed by atoms with E-state index in [1.165, 1.54) is 6.42 Å². The molecule has 0 bridgehead atoms. The molecule has 0 aliphatic carbocycles. The monoisotopic (exact) mass is 300 g/mol. The van der Waals surface area contributed by atoms with E-state index < -0.39 is 0 Å². The van der Waals surface area contributed by atoms with Gasteiger partial charge in [0, 0.05) is 0 Å². The molecule has 6 nitrogen and oxygen atoms in total. The van der Waals surface area contributed by atoms with Gasteiger partial charge in [0.1, 0.15) is 0 Å². The van der Waals surface area contributed by atoms with Crippen molar-refractivity contribution >= 4 is 11.9 Å². The minimum Gasteiger partial charge on any atom is -0.464 e. The van der Waals surface area contributed by atoms with E-state index in [1.54, 1.807) is 0 Å². The van der Waals surface area contributed by atoms with Gasteiger partial charge >= 0.3 is 11.9 Å². The Kier molecular flexibility index (Phi) is 6.95. The van der Waals surface area contributed by atoms with Crippen molar-refractivity contribution in [3.63, 3.8) is 0 Å². The zero-order valence-corrected chi connectivity index (χ0v) is 12.4. The Morgan fingerprint density at radius 2 is 1.05 bits per heavy atom. The van der Waals surface area contributed by atoms with E-state index in [1.807, 2.05) is 0 Å². The van der Waals surface area contributed by atoms with E-state index in [-0.39, 0.29) is 24.1 Å². The molecular formula is C15H24O6. The number of hydrogen-bond donors (Lipinski definition) is 0. The van der Waals surface area contributed by atoms with Crippen LogP contribution in [0.1, 0.15) is 44.9 Å². The minimum atomic E-state index is -0.287. The lowest BCUT2D eigenvalue weighted by Crippen LogP contribution is -2.12. The van der Waals surface area contributed by atoms with Crippen molar-refractivity contribution in [3.05, 3.63) is 0 Å². The topological polar surface area (TPSA) is 77.7 Å². The zero-order chi connectivity index (χ0) is 14.9. The van der Waals surface area contributed by atoms with E-state index in [4.69, 9.17) is 18.9 Å². The molecule has 6 heteroatoms. The molecule has 2 unspecified atom stereocenters. The molecule has 2 rings (SSSR count). The third-order valence-corrected chi connectivity index (χ3v) is 3.47. The fourth-order valence-corrected chi connectivity index (χ4v) is 1.99. The first-order valence-electron chi connectivity index (χ1n) is 7.84. The molecule has 0 saturated carbocycles. The molecule has 2 fully saturated rings. The average Bonchev–Trinajstić information content (AvgIpc) is 3.35. The van der Waals surface area contributed by atoms with Gasteiger partial charge in [0.15, 0.2) is 12.2 Å². The van der Waals surface area contributed by atoms with E-state index in [2.05, 4.69) is 0 Å². The Labute approximate surface area is 125 Å². The Hall–Kier alpha value is -1.14. The molecule has 21 heavy (non-hydrogen) atoms. The first-order valence-corrected chi connectivity index (χ1v) is 7.84. The Morgan fingerprint density at radius 1 is 0.714 bits per heavy atom. The fraction of sp³-hybridized carbons (Fsp3) is 0.867. The minimum absolute atomic E-state index is 0.221. The molecule has 0 amide bonds. The highest BCUT2D eigenvalue weighted by Gasteiger charge is 2.33. The van der Waals surface area contributed by atoms with Crippen LogP contribution < -0.4 is 0 Å². The van der Waals surface area contributed by atoms with Gasteiger partial charge in [0.2, 0.25) is 0 Å². The number of rotatable bonds is 12. The molecule has 2 atom stereocenters. The summed E-state index contributed by atoms with van der Waals surface area (Å²) >= 11 is 0. The normalized spacial score (nSPS) is 22.7. The Morgan fingerprint density at radius 3 is 1.38 bits per heavy atom. The van der Waals surface area contributed by atoms with Crippen molar-refractivity contribution in [1.29, 1.82) is 0 Å². The predicted octanol–water partition coefficient (Wildman–Crippen LogP) is 1.60. The molecule has 2 heterocycles. The second-order valence-electron chi connectivity index (χ2n) is 5.45. The third kappa shape index (κ3) is 7.43. The first kappa shape index (κ1) is 16.2. The Balaban J connectivity index is 1.26. The molecule has 0 radical (unpaired) electrons. The van der Waals surface area contributed by atoms with Crippen LogP contribution in [0.5, 0.6) is 0 Å². The molecular weight excluding hydrogens is 276 g/mol. The standard InChI is InChI=1S/C15H24O6/c16-14(12-10-20-12)18-8-6-4-2-1-3-5-7-9-19-15(17)13-11-21-13/h12-13H,1-11H2. The predicted molar refractivity (Wildman–Crippen MR) is 73.7 cm³/mol. The number of hydrogen-bond acceptors (Lipinski definition) is 6. The summed E-state index contributed by atoms with van der Waals surface area (Å²) in [5.74, 6) is -0.442. The highest BCUT2D eigenvalue weighted by molar-refractivity contribution is 5.77. The summed E-state index contributed by atoms with van der Waals surface area (Å²) in [4.78, 5) is 22.3. The number of ether oxygens (including phenoxy) is 4. The second kappa shape index (κ2) is 9.00. The zero-order valence-electron chi connectivity index (χ0n) is 12.4. The highest BCUT2D eigenvalue weighted by Crippen LogP contribution is 2.13. The molecule has 2 aliphatic heterocycles. The Bertz CT molecular complexity index is 303. The van der Waals surface area contributed by atoms with Crippen LogP contribution in [0.2, 0.25) is 0 Å². The maximum absolute atomic E-state index is 11.1. The van der Waals surface area contributed by atoms with Crippen LogP contribution >= 0.6 is 0 Å². The van der Waals surface area contributed by atoms with Crippen molar-refractivity contribution in [2.75, 3.05) is 26.4 Å². The molecule has 0 aromatic carbocycles. The quantitative estimate of drug-likeness (QED) is 0.309. The second-order valence-corrected chi connectivity index (χ2v) is 5.45. The lowest BCUT2D eigenvalue weighted by atomic mass is 10.1. The largest absolute Gasteiger partial charge is 0.464 e. The summed E-state index contributed by atoms with van der Waals surface area (Å²) in [5.41, 5.74) is 0. The van der Waals surface area contributed by atoms with Crippen LogP contribution in [0.3, 0.4) is 0 Å². The van der Waals surface area contributed by atoms with Gasteiger partial charge in [0.25, 0.3) is 0 Å².